The molecule has 0 aromatic carbocycles. The quantitative estimate of drug-likeness (QED) is 0.724. The Bertz CT molecular complexity index is 466. The van der Waals surface area contributed by atoms with Gasteiger partial charge in [0.05, 0.1) is 12.2 Å². The number of piperidine rings is 1. The molecule has 7 heteroatoms. The molecule has 1 aromatic heterocycles. The summed E-state index contributed by atoms with van der Waals surface area (Å²) >= 11 is 1.35. The molecule has 0 saturated carbocycles. The molecule has 1 aromatic rings. The molecular formula is C12H18N4O2S. The first-order chi connectivity index (χ1) is 9.06. The van der Waals surface area contributed by atoms with Crippen molar-refractivity contribution in [2.24, 2.45) is 5.73 Å². The van der Waals surface area contributed by atoms with Gasteiger partial charge in [-0.2, -0.15) is 0 Å². The second kappa shape index (κ2) is 6.03. The van der Waals surface area contributed by atoms with Gasteiger partial charge in [0.2, 0.25) is 5.91 Å². The van der Waals surface area contributed by atoms with E-state index in [1.807, 2.05) is 4.90 Å². The van der Waals surface area contributed by atoms with Gasteiger partial charge in [0.1, 0.15) is 4.88 Å². The number of thiophene rings is 1. The number of likely N-dealkylation sites (tertiary alicyclic amines) is 1. The van der Waals surface area contributed by atoms with Gasteiger partial charge in [0, 0.05) is 19.1 Å². The first-order valence-corrected chi connectivity index (χ1v) is 7.08. The van der Waals surface area contributed by atoms with Crippen molar-refractivity contribution in [2.75, 3.05) is 25.4 Å². The van der Waals surface area contributed by atoms with Crippen LogP contribution in [0.25, 0.3) is 0 Å². The van der Waals surface area contributed by atoms with Crippen LogP contribution in [0.5, 0.6) is 0 Å². The van der Waals surface area contributed by atoms with Crippen LogP contribution in [0.15, 0.2) is 11.4 Å². The lowest BCUT2D eigenvalue weighted by Gasteiger charge is -2.31. The van der Waals surface area contributed by atoms with Gasteiger partial charge in [-0.1, -0.05) is 0 Å². The van der Waals surface area contributed by atoms with Gasteiger partial charge in [-0.05, 0) is 24.3 Å². The number of nitrogens with one attached hydrogen (secondary N) is 1. The summed E-state index contributed by atoms with van der Waals surface area (Å²) in [5.74, 6) is -0.422. The molecule has 0 unspecified atom stereocenters. The zero-order valence-corrected chi connectivity index (χ0v) is 11.4. The van der Waals surface area contributed by atoms with Gasteiger partial charge in [0.25, 0.3) is 5.91 Å². The highest BCUT2D eigenvalue weighted by Gasteiger charge is 2.22. The molecule has 0 aliphatic carbocycles. The topological polar surface area (TPSA) is 101 Å². The summed E-state index contributed by atoms with van der Waals surface area (Å²) in [5, 5.41) is 4.79. The molecule has 2 amide bonds. The molecule has 5 N–H and O–H groups in total. The van der Waals surface area contributed by atoms with Gasteiger partial charge in [0.15, 0.2) is 0 Å². The van der Waals surface area contributed by atoms with Gasteiger partial charge >= 0.3 is 0 Å². The Morgan fingerprint density at radius 1 is 1.42 bits per heavy atom. The van der Waals surface area contributed by atoms with E-state index < -0.39 is 0 Å². The fourth-order valence-corrected chi connectivity index (χ4v) is 2.93. The second-order valence-corrected chi connectivity index (χ2v) is 5.61. The number of carbonyl (C=O) groups is 2. The Morgan fingerprint density at radius 2 is 2.11 bits per heavy atom. The highest BCUT2D eigenvalue weighted by Crippen LogP contribution is 2.19. The standard InChI is InChI=1S/C12H18N4O2S/c13-9-3-6-19-11(9)12(18)15-8-1-4-16(5-2-8)7-10(14)17/h3,6,8H,1-2,4-5,7,13H2,(H2,14,17)(H,15,18). The van der Waals surface area contributed by atoms with Gasteiger partial charge in [-0.3, -0.25) is 14.5 Å². The maximum absolute atomic E-state index is 12.0. The van der Waals surface area contributed by atoms with Crippen molar-refractivity contribution in [3.8, 4) is 0 Å². The minimum Gasteiger partial charge on any atom is -0.397 e. The molecule has 2 rings (SSSR count). The predicted molar refractivity (Wildman–Crippen MR) is 74.9 cm³/mol. The van der Waals surface area contributed by atoms with Gasteiger partial charge in [-0.15, -0.1) is 11.3 Å². The number of amides is 2. The van der Waals surface area contributed by atoms with Crippen LogP contribution >= 0.6 is 11.3 Å². The third-order valence-corrected chi connectivity index (χ3v) is 4.13. The molecule has 1 fully saturated rings. The summed E-state index contributed by atoms with van der Waals surface area (Å²) in [7, 11) is 0. The van der Waals surface area contributed by atoms with E-state index in [0.717, 1.165) is 25.9 Å². The Balaban J connectivity index is 1.81. The van der Waals surface area contributed by atoms with Crippen LogP contribution in [0.4, 0.5) is 5.69 Å². The number of hydrogen-bond acceptors (Lipinski definition) is 5. The minimum atomic E-state index is -0.311. The second-order valence-electron chi connectivity index (χ2n) is 4.70. The number of anilines is 1. The van der Waals surface area contributed by atoms with E-state index in [4.69, 9.17) is 11.5 Å². The molecule has 6 nitrogen and oxygen atoms in total. The summed E-state index contributed by atoms with van der Waals surface area (Å²) < 4.78 is 0. The monoisotopic (exact) mass is 282 g/mol. The molecule has 1 aliphatic rings. The third kappa shape index (κ3) is 3.68. The number of nitrogen functional groups attached to an aromatic ring is 1. The maximum atomic E-state index is 12.0. The Morgan fingerprint density at radius 3 is 2.63 bits per heavy atom. The normalized spacial score (nSPS) is 17.3. The number of primary amides is 1. The molecule has 1 aliphatic heterocycles. The lowest BCUT2D eigenvalue weighted by Crippen LogP contribution is -2.46. The summed E-state index contributed by atoms with van der Waals surface area (Å²) in [6, 6.07) is 1.87. The SMILES string of the molecule is NC(=O)CN1CCC(NC(=O)c2sccc2N)CC1. The molecule has 19 heavy (non-hydrogen) atoms. The first kappa shape index (κ1) is 13.8. The van der Waals surface area contributed by atoms with E-state index in [1.165, 1.54) is 11.3 Å². The van der Waals surface area contributed by atoms with Crippen LogP contribution in [-0.4, -0.2) is 42.4 Å². The number of nitrogens with zero attached hydrogens (tertiary/aromatic N) is 1. The molecule has 1 saturated heterocycles. The van der Waals surface area contributed by atoms with Crippen LogP contribution in [0.1, 0.15) is 22.5 Å². The zero-order chi connectivity index (χ0) is 13.8. The summed E-state index contributed by atoms with van der Waals surface area (Å²) in [4.78, 5) is 25.4. The van der Waals surface area contributed by atoms with Crippen LogP contribution in [0.2, 0.25) is 0 Å². The number of carbonyl (C=O) groups excluding carboxylic acids is 2. The largest absolute Gasteiger partial charge is 0.397 e. The smallest absolute Gasteiger partial charge is 0.263 e. The highest BCUT2D eigenvalue weighted by molar-refractivity contribution is 7.12. The summed E-state index contributed by atoms with van der Waals surface area (Å²) in [6.07, 6.45) is 1.65. The molecule has 0 atom stereocenters. The van der Waals surface area contributed by atoms with Crippen molar-refractivity contribution in [1.82, 2.24) is 10.2 Å². The highest BCUT2D eigenvalue weighted by atomic mass is 32.1. The molecule has 0 spiro atoms. The van der Waals surface area contributed by atoms with E-state index in [1.54, 1.807) is 11.4 Å². The van der Waals surface area contributed by atoms with Crippen molar-refractivity contribution in [3.63, 3.8) is 0 Å². The lowest BCUT2D eigenvalue weighted by molar-refractivity contribution is -0.119. The van der Waals surface area contributed by atoms with E-state index in [0.29, 0.717) is 17.1 Å². The van der Waals surface area contributed by atoms with Crippen molar-refractivity contribution in [2.45, 2.75) is 18.9 Å². The number of hydrogen-bond donors (Lipinski definition) is 3. The van der Waals surface area contributed by atoms with Crippen LogP contribution in [-0.2, 0) is 4.79 Å². The number of rotatable bonds is 4. The van der Waals surface area contributed by atoms with Crippen molar-refractivity contribution < 1.29 is 9.59 Å². The molecular weight excluding hydrogens is 264 g/mol. The third-order valence-electron chi connectivity index (χ3n) is 3.20. The minimum absolute atomic E-state index is 0.110. The van der Waals surface area contributed by atoms with Gasteiger partial charge in [-0.25, -0.2) is 0 Å². The maximum Gasteiger partial charge on any atom is 0.263 e. The molecule has 2 heterocycles. The summed E-state index contributed by atoms with van der Waals surface area (Å²) in [5.41, 5.74) is 11.4. The van der Waals surface area contributed by atoms with E-state index in [9.17, 15) is 9.59 Å². The molecule has 0 bridgehead atoms. The summed E-state index contributed by atoms with van der Waals surface area (Å²) in [6.45, 7) is 1.83. The Hall–Kier alpha value is -1.60. The van der Waals surface area contributed by atoms with E-state index in [2.05, 4.69) is 5.32 Å². The van der Waals surface area contributed by atoms with E-state index >= 15 is 0 Å². The van der Waals surface area contributed by atoms with Crippen molar-refractivity contribution >= 4 is 28.8 Å². The van der Waals surface area contributed by atoms with Crippen LogP contribution < -0.4 is 16.8 Å². The van der Waals surface area contributed by atoms with Gasteiger partial charge < -0.3 is 16.8 Å². The fourth-order valence-electron chi connectivity index (χ4n) is 2.21. The first-order valence-electron chi connectivity index (χ1n) is 6.20. The lowest BCUT2D eigenvalue weighted by atomic mass is 10.0. The van der Waals surface area contributed by atoms with Crippen molar-refractivity contribution in [3.05, 3.63) is 16.3 Å². The number of nitrogens with two attached hydrogens (primary N) is 2. The zero-order valence-electron chi connectivity index (χ0n) is 10.6. The molecule has 104 valence electrons. The average Bonchev–Trinajstić information content (AvgIpc) is 2.77. The Kier molecular flexibility index (Phi) is 4.39. The fraction of sp³-hybridized carbons (Fsp3) is 0.500. The van der Waals surface area contributed by atoms with Crippen molar-refractivity contribution in [1.29, 1.82) is 0 Å². The van der Waals surface area contributed by atoms with Crippen LogP contribution in [0, 0.1) is 0 Å². The predicted octanol–water partition coefficient (Wildman–Crippen LogP) is 0.00980. The Labute approximate surface area is 115 Å². The van der Waals surface area contributed by atoms with E-state index in [-0.39, 0.29) is 17.9 Å². The average molecular weight is 282 g/mol. The van der Waals surface area contributed by atoms with Crippen LogP contribution in [0.3, 0.4) is 0 Å². The molecule has 0 radical (unpaired) electrons.